The van der Waals surface area contributed by atoms with Crippen LogP contribution in [0, 0.1) is 0 Å². The first kappa shape index (κ1) is 14.8. The van der Waals surface area contributed by atoms with Gasteiger partial charge in [0, 0.05) is 12.6 Å². The zero-order valence-corrected chi connectivity index (χ0v) is 11.6. The van der Waals surface area contributed by atoms with Crippen molar-refractivity contribution in [2.24, 2.45) is 0 Å². The Morgan fingerprint density at radius 3 is 3.00 bits per heavy atom. The summed E-state index contributed by atoms with van der Waals surface area (Å²) < 4.78 is 0. The fraction of sp³-hybridized carbons (Fsp3) is 0.333. The quantitative estimate of drug-likeness (QED) is 0.596. The van der Waals surface area contributed by atoms with Gasteiger partial charge in [-0.2, -0.15) is 11.8 Å². The topological polar surface area (TPSA) is 66.4 Å². The minimum Gasteiger partial charge on any atom is -0.478 e. The van der Waals surface area contributed by atoms with E-state index >= 15 is 0 Å². The maximum Gasteiger partial charge on any atom is 0.328 e. The summed E-state index contributed by atoms with van der Waals surface area (Å²) in [7, 11) is 0. The van der Waals surface area contributed by atoms with Crippen LogP contribution in [0.25, 0.3) is 6.08 Å². The van der Waals surface area contributed by atoms with Crippen LogP contribution in [0.1, 0.15) is 21.7 Å². The molecule has 6 heteroatoms. The Morgan fingerprint density at radius 1 is 1.56 bits per heavy atom. The van der Waals surface area contributed by atoms with E-state index in [0.29, 0.717) is 17.0 Å². The number of carboxylic acid groups (broad SMARTS) is 1. The predicted molar refractivity (Wildman–Crippen MR) is 76.3 cm³/mol. The van der Waals surface area contributed by atoms with Gasteiger partial charge in [0.25, 0.3) is 5.91 Å². The summed E-state index contributed by atoms with van der Waals surface area (Å²) >= 11 is 3.05. The number of carbonyl (C=O) groups excluding carboxylic acids is 1. The molecule has 0 aliphatic rings. The second-order valence-corrected chi connectivity index (χ2v) is 5.38. The lowest BCUT2D eigenvalue weighted by Gasteiger charge is -2.03. The molecule has 18 heavy (non-hydrogen) atoms. The molecule has 0 bridgehead atoms. The number of aliphatic carboxylic acids is 1. The Kier molecular flexibility index (Phi) is 6.53. The van der Waals surface area contributed by atoms with Gasteiger partial charge in [-0.3, -0.25) is 4.79 Å². The number of thiophene rings is 1. The molecule has 0 saturated carbocycles. The summed E-state index contributed by atoms with van der Waals surface area (Å²) in [5.74, 6) is -0.153. The maximum absolute atomic E-state index is 11.8. The Bertz CT molecular complexity index is 440. The largest absolute Gasteiger partial charge is 0.478 e. The van der Waals surface area contributed by atoms with Gasteiger partial charge in [-0.05, 0) is 41.5 Å². The molecule has 0 aliphatic carbocycles. The highest BCUT2D eigenvalue weighted by molar-refractivity contribution is 7.98. The van der Waals surface area contributed by atoms with E-state index in [9.17, 15) is 9.59 Å². The van der Waals surface area contributed by atoms with Crippen LogP contribution >= 0.6 is 23.1 Å². The van der Waals surface area contributed by atoms with E-state index in [2.05, 4.69) is 5.32 Å². The predicted octanol–water partition coefficient (Wildman–Crippen LogP) is 2.33. The van der Waals surface area contributed by atoms with E-state index in [0.717, 1.165) is 18.2 Å². The highest BCUT2D eigenvalue weighted by Crippen LogP contribution is 2.18. The molecule has 2 N–H and O–H groups in total. The minimum absolute atomic E-state index is 0.142. The van der Waals surface area contributed by atoms with Crippen LogP contribution in [0.2, 0.25) is 0 Å². The van der Waals surface area contributed by atoms with Crippen LogP contribution in [0.15, 0.2) is 17.5 Å². The molecule has 1 amide bonds. The van der Waals surface area contributed by atoms with E-state index in [1.54, 1.807) is 23.2 Å². The number of carboxylic acids is 1. The standard InChI is InChI=1S/C12H15NO3S2/c1-17-7-2-6-13-12(16)11-9(5-8-18-11)3-4-10(14)15/h3-5,8H,2,6-7H2,1H3,(H,13,16)(H,14,15). The number of amides is 1. The second-order valence-electron chi connectivity index (χ2n) is 3.48. The van der Waals surface area contributed by atoms with Gasteiger partial charge in [-0.25, -0.2) is 4.79 Å². The van der Waals surface area contributed by atoms with Crippen LogP contribution in [-0.2, 0) is 4.79 Å². The molecule has 1 heterocycles. The molecule has 0 radical (unpaired) electrons. The molecule has 98 valence electrons. The van der Waals surface area contributed by atoms with Crippen molar-refractivity contribution in [1.29, 1.82) is 0 Å². The van der Waals surface area contributed by atoms with Crippen LogP contribution in [-0.4, -0.2) is 35.5 Å². The van der Waals surface area contributed by atoms with E-state index in [-0.39, 0.29) is 5.91 Å². The van der Waals surface area contributed by atoms with Gasteiger partial charge in [0.15, 0.2) is 0 Å². The summed E-state index contributed by atoms with van der Waals surface area (Å²) in [6.45, 7) is 0.639. The van der Waals surface area contributed by atoms with Crippen LogP contribution in [0.3, 0.4) is 0 Å². The highest BCUT2D eigenvalue weighted by Gasteiger charge is 2.10. The summed E-state index contributed by atoms with van der Waals surface area (Å²) in [5.41, 5.74) is 0.643. The summed E-state index contributed by atoms with van der Waals surface area (Å²) in [4.78, 5) is 22.8. The second kappa shape index (κ2) is 7.94. The Morgan fingerprint density at radius 2 is 2.33 bits per heavy atom. The van der Waals surface area contributed by atoms with Crippen molar-refractivity contribution in [2.45, 2.75) is 6.42 Å². The molecule has 1 aromatic heterocycles. The van der Waals surface area contributed by atoms with Crippen molar-refractivity contribution >= 4 is 41.1 Å². The molecule has 1 aromatic rings. The lowest BCUT2D eigenvalue weighted by Crippen LogP contribution is -2.24. The molecular weight excluding hydrogens is 270 g/mol. The van der Waals surface area contributed by atoms with E-state index < -0.39 is 5.97 Å². The van der Waals surface area contributed by atoms with Gasteiger partial charge >= 0.3 is 5.97 Å². The van der Waals surface area contributed by atoms with Crippen molar-refractivity contribution in [1.82, 2.24) is 5.32 Å². The van der Waals surface area contributed by atoms with Crippen molar-refractivity contribution in [2.75, 3.05) is 18.6 Å². The summed E-state index contributed by atoms with van der Waals surface area (Å²) in [5, 5.41) is 13.2. The molecule has 1 rings (SSSR count). The monoisotopic (exact) mass is 285 g/mol. The van der Waals surface area contributed by atoms with Gasteiger partial charge < -0.3 is 10.4 Å². The Labute approximate surface area is 114 Å². The van der Waals surface area contributed by atoms with E-state index in [4.69, 9.17) is 5.11 Å². The molecule has 0 aliphatic heterocycles. The van der Waals surface area contributed by atoms with Gasteiger partial charge in [0.1, 0.15) is 0 Å². The van der Waals surface area contributed by atoms with Crippen LogP contribution in [0.4, 0.5) is 0 Å². The van der Waals surface area contributed by atoms with E-state index in [1.165, 1.54) is 17.4 Å². The fourth-order valence-electron chi connectivity index (χ4n) is 1.29. The molecule has 4 nitrogen and oxygen atoms in total. The Balaban J connectivity index is 2.57. The number of carbonyl (C=O) groups is 2. The van der Waals surface area contributed by atoms with Crippen molar-refractivity contribution in [3.63, 3.8) is 0 Å². The fourth-order valence-corrected chi connectivity index (χ4v) is 2.53. The van der Waals surface area contributed by atoms with Crippen LogP contribution in [0.5, 0.6) is 0 Å². The number of rotatable bonds is 7. The van der Waals surface area contributed by atoms with Crippen LogP contribution < -0.4 is 5.32 Å². The molecule has 0 spiro atoms. The SMILES string of the molecule is CSCCCNC(=O)c1sccc1C=CC(=O)O. The molecule has 0 fully saturated rings. The van der Waals surface area contributed by atoms with Gasteiger partial charge in [-0.15, -0.1) is 11.3 Å². The number of nitrogens with one attached hydrogen (secondary N) is 1. The smallest absolute Gasteiger partial charge is 0.328 e. The molecule has 0 unspecified atom stereocenters. The number of thioether (sulfide) groups is 1. The summed E-state index contributed by atoms with van der Waals surface area (Å²) in [6, 6.07) is 1.74. The molecular formula is C12H15NO3S2. The average Bonchev–Trinajstić information content (AvgIpc) is 2.80. The Hall–Kier alpha value is -1.27. The first-order valence-electron chi connectivity index (χ1n) is 5.40. The number of hydrogen-bond donors (Lipinski definition) is 2. The molecule has 0 atom stereocenters. The molecule has 0 saturated heterocycles. The normalized spacial score (nSPS) is 10.7. The lowest BCUT2D eigenvalue weighted by molar-refractivity contribution is -0.131. The highest BCUT2D eigenvalue weighted by atomic mass is 32.2. The van der Waals surface area contributed by atoms with Gasteiger partial charge in [0.05, 0.1) is 4.88 Å². The zero-order chi connectivity index (χ0) is 13.4. The zero-order valence-electron chi connectivity index (χ0n) is 10.0. The third kappa shape index (κ3) is 4.93. The maximum atomic E-state index is 11.8. The minimum atomic E-state index is -1.02. The first-order chi connectivity index (χ1) is 8.65. The van der Waals surface area contributed by atoms with Crippen molar-refractivity contribution in [3.8, 4) is 0 Å². The van der Waals surface area contributed by atoms with Crippen molar-refractivity contribution in [3.05, 3.63) is 28.0 Å². The number of hydrogen-bond acceptors (Lipinski definition) is 4. The summed E-state index contributed by atoms with van der Waals surface area (Å²) in [6.07, 6.45) is 5.43. The van der Waals surface area contributed by atoms with Gasteiger partial charge in [-0.1, -0.05) is 0 Å². The third-order valence-corrected chi connectivity index (χ3v) is 3.74. The average molecular weight is 285 g/mol. The van der Waals surface area contributed by atoms with Crippen molar-refractivity contribution < 1.29 is 14.7 Å². The lowest BCUT2D eigenvalue weighted by atomic mass is 10.2. The molecule has 0 aromatic carbocycles. The first-order valence-corrected chi connectivity index (χ1v) is 7.68. The van der Waals surface area contributed by atoms with E-state index in [1.807, 2.05) is 6.26 Å². The van der Waals surface area contributed by atoms with Gasteiger partial charge in [0.2, 0.25) is 0 Å². The third-order valence-electron chi connectivity index (χ3n) is 2.12.